The molecule has 0 saturated heterocycles. The van der Waals surface area contributed by atoms with Crippen molar-refractivity contribution in [3.63, 3.8) is 0 Å². The number of ether oxygens (including phenoxy) is 1. The van der Waals surface area contributed by atoms with Crippen LogP contribution in [0.15, 0.2) is 0 Å². The second kappa shape index (κ2) is 3.25. The third-order valence-electron chi connectivity index (χ3n) is 3.36. The van der Waals surface area contributed by atoms with Gasteiger partial charge >= 0.3 is 5.97 Å². The molecule has 0 amide bonds. The van der Waals surface area contributed by atoms with E-state index < -0.39 is 0 Å². The maximum Gasteiger partial charge on any atom is 0.311 e. The van der Waals surface area contributed by atoms with Crippen LogP contribution in [0.2, 0.25) is 0 Å². The lowest BCUT2D eigenvalue weighted by molar-refractivity contribution is -0.152. The first kappa shape index (κ1) is 9.85. The van der Waals surface area contributed by atoms with E-state index in [0.717, 1.165) is 25.2 Å². The van der Waals surface area contributed by atoms with Crippen LogP contribution in [0.3, 0.4) is 0 Å². The first-order valence-electron chi connectivity index (χ1n) is 4.35. The second-order valence-electron chi connectivity index (χ2n) is 3.92. The predicted molar refractivity (Wildman–Crippen MR) is 48.3 cm³/mol. The van der Waals surface area contributed by atoms with Crippen molar-refractivity contribution in [1.82, 2.24) is 0 Å². The minimum atomic E-state index is -0.0422. The number of halogens is 1. The van der Waals surface area contributed by atoms with Crippen LogP contribution >= 0.6 is 12.4 Å². The normalized spacial score (nSPS) is 37.6. The van der Waals surface area contributed by atoms with Gasteiger partial charge < -0.3 is 4.74 Å². The van der Waals surface area contributed by atoms with E-state index in [1.807, 2.05) is 0 Å². The van der Waals surface area contributed by atoms with Gasteiger partial charge in [-0.2, -0.15) is 0 Å². The van der Waals surface area contributed by atoms with E-state index in [2.05, 4.69) is 0 Å². The quantitative estimate of drug-likeness (QED) is 0.593. The molecule has 2 aliphatic rings. The highest BCUT2D eigenvalue weighted by Crippen LogP contribution is 2.54. The highest BCUT2D eigenvalue weighted by molar-refractivity contribution is 5.85. The fraction of sp³-hybridized carbons (Fsp3) is 0.889. The number of esters is 1. The van der Waals surface area contributed by atoms with Gasteiger partial charge in [0, 0.05) is 0 Å². The van der Waals surface area contributed by atoms with E-state index in [1.54, 1.807) is 0 Å². The number of hydrogen-bond acceptors (Lipinski definition) is 2. The maximum absolute atomic E-state index is 11.4. The molecule has 0 aromatic carbocycles. The van der Waals surface area contributed by atoms with E-state index in [9.17, 15) is 4.79 Å². The van der Waals surface area contributed by atoms with Crippen LogP contribution in [-0.2, 0) is 9.53 Å². The first-order chi connectivity index (χ1) is 5.27. The molecule has 0 atom stereocenters. The molecule has 12 heavy (non-hydrogen) atoms. The molecule has 0 spiro atoms. The second-order valence-corrected chi connectivity index (χ2v) is 3.92. The third kappa shape index (κ3) is 1.22. The van der Waals surface area contributed by atoms with Crippen LogP contribution in [0.25, 0.3) is 0 Å². The Balaban J connectivity index is 0.000000720. The van der Waals surface area contributed by atoms with Crippen molar-refractivity contribution in [3.8, 4) is 0 Å². The molecule has 0 aromatic heterocycles. The largest absolute Gasteiger partial charge is 0.469 e. The zero-order valence-corrected chi connectivity index (χ0v) is 8.15. The Morgan fingerprint density at radius 3 is 2.33 bits per heavy atom. The Morgan fingerprint density at radius 1 is 1.42 bits per heavy atom. The van der Waals surface area contributed by atoms with Crippen molar-refractivity contribution in [2.24, 2.45) is 11.3 Å². The number of hydrogen-bond donors (Lipinski definition) is 0. The fourth-order valence-electron chi connectivity index (χ4n) is 2.69. The molecule has 0 aromatic rings. The van der Waals surface area contributed by atoms with Crippen molar-refractivity contribution >= 4 is 18.4 Å². The van der Waals surface area contributed by atoms with Crippen molar-refractivity contribution in [3.05, 3.63) is 0 Å². The zero-order chi connectivity index (χ0) is 7.90. The Bertz CT molecular complexity index is 183. The van der Waals surface area contributed by atoms with E-state index >= 15 is 0 Å². The number of carbonyl (C=O) groups excluding carboxylic acids is 1. The Hall–Kier alpha value is -0.240. The monoisotopic (exact) mass is 190 g/mol. The first-order valence-corrected chi connectivity index (χ1v) is 4.35. The molecule has 0 heterocycles. The summed E-state index contributed by atoms with van der Waals surface area (Å²) in [6.45, 7) is 0. The van der Waals surface area contributed by atoms with Crippen LogP contribution < -0.4 is 0 Å². The van der Waals surface area contributed by atoms with Crippen molar-refractivity contribution in [1.29, 1.82) is 0 Å². The van der Waals surface area contributed by atoms with Gasteiger partial charge in [0.25, 0.3) is 0 Å². The predicted octanol–water partition coefficient (Wildman–Crippen LogP) is 2.16. The van der Waals surface area contributed by atoms with Gasteiger partial charge in [0.15, 0.2) is 0 Å². The lowest BCUT2D eigenvalue weighted by Gasteiger charge is -2.22. The van der Waals surface area contributed by atoms with Gasteiger partial charge in [0.2, 0.25) is 0 Å². The molecule has 0 aliphatic heterocycles. The summed E-state index contributed by atoms with van der Waals surface area (Å²) in [7, 11) is 1.50. The van der Waals surface area contributed by atoms with E-state index in [1.165, 1.54) is 20.0 Å². The maximum atomic E-state index is 11.4. The average Bonchev–Trinajstić information content (AvgIpc) is 2.62. The molecule has 2 aliphatic carbocycles. The summed E-state index contributed by atoms with van der Waals surface area (Å²) in [5, 5.41) is 0. The lowest BCUT2D eigenvalue weighted by Crippen LogP contribution is -2.27. The van der Waals surface area contributed by atoms with Gasteiger partial charge in [-0.15, -0.1) is 12.4 Å². The zero-order valence-electron chi connectivity index (χ0n) is 7.34. The highest BCUT2D eigenvalue weighted by atomic mass is 35.5. The van der Waals surface area contributed by atoms with Crippen molar-refractivity contribution < 1.29 is 9.53 Å². The molecule has 2 nitrogen and oxygen atoms in total. The average molecular weight is 191 g/mol. The van der Waals surface area contributed by atoms with Gasteiger partial charge in [-0.05, 0) is 38.0 Å². The van der Waals surface area contributed by atoms with Crippen molar-refractivity contribution in [2.75, 3.05) is 7.11 Å². The minimum Gasteiger partial charge on any atom is -0.469 e. The lowest BCUT2D eigenvalue weighted by atomic mass is 9.84. The van der Waals surface area contributed by atoms with Crippen molar-refractivity contribution in [2.45, 2.75) is 32.1 Å². The van der Waals surface area contributed by atoms with E-state index in [0.29, 0.717) is 0 Å². The van der Waals surface area contributed by atoms with Gasteiger partial charge in [-0.1, -0.05) is 0 Å². The summed E-state index contributed by atoms with van der Waals surface area (Å²) < 4.78 is 4.82. The van der Waals surface area contributed by atoms with Gasteiger partial charge in [0.05, 0.1) is 12.5 Å². The molecule has 2 fully saturated rings. The molecule has 0 unspecified atom stereocenters. The number of fused-ring (bicyclic) bond motifs is 2. The van der Waals surface area contributed by atoms with Crippen LogP contribution in [-0.4, -0.2) is 13.1 Å². The molecule has 0 N–H and O–H groups in total. The molecular formula is C9H15ClO2. The van der Waals surface area contributed by atoms with Crippen LogP contribution in [0, 0.1) is 11.3 Å². The van der Waals surface area contributed by atoms with Gasteiger partial charge in [-0.3, -0.25) is 4.79 Å². The molecule has 2 saturated carbocycles. The Labute approximate surface area is 79.1 Å². The SMILES string of the molecule is COC(=O)C12CCC(CC1)C2.Cl. The summed E-state index contributed by atoms with van der Waals surface area (Å²) in [5.74, 6) is 0.867. The van der Waals surface area contributed by atoms with Gasteiger partial charge in [0.1, 0.15) is 0 Å². The molecule has 0 radical (unpaired) electrons. The molecular weight excluding hydrogens is 176 g/mol. The van der Waals surface area contributed by atoms with Gasteiger partial charge in [-0.25, -0.2) is 0 Å². The Morgan fingerprint density at radius 2 is 2.00 bits per heavy atom. The highest BCUT2D eigenvalue weighted by Gasteiger charge is 2.50. The molecule has 70 valence electrons. The summed E-state index contributed by atoms with van der Waals surface area (Å²) >= 11 is 0. The standard InChI is InChI=1S/C9H14O2.ClH/c1-11-8(10)9-4-2-7(6-9)3-5-9;/h7H,2-6H2,1H3;1H. The molecule has 2 bridgehead atoms. The van der Waals surface area contributed by atoms with E-state index in [-0.39, 0.29) is 23.8 Å². The summed E-state index contributed by atoms with van der Waals surface area (Å²) in [4.78, 5) is 11.4. The number of rotatable bonds is 1. The molecule has 2 rings (SSSR count). The number of carbonyl (C=O) groups is 1. The summed E-state index contributed by atoms with van der Waals surface area (Å²) in [6, 6.07) is 0. The van der Waals surface area contributed by atoms with Crippen LogP contribution in [0.5, 0.6) is 0 Å². The van der Waals surface area contributed by atoms with Crippen LogP contribution in [0.4, 0.5) is 0 Å². The minimum absolute atomic E-state index is 0. The fourth-order valence-corrected chi connectivity index (χ4v) is 2.69. The topological polar surface area (TPSA) is 26.3 Å². The smallest absolute Gasteiger partial charge is 0.311 e. The van der Waals surface area contributed by atoms with E-state index in [4.69, 9.17) is 4.74 Å². The summed E-state index contributed by atoms with van der Waals surface area (Å²) in [5.41, 5.74) is -0.0422. The van der Waals surface area contributed by atoms with Crippen LogP contribution in [0.1, 0.15) is 32.1 Å². The summed E-state index contributed by atoms with van der Waals surface area (Å²) in [6.07, 6.45) is 5.73. The number of methoxy groups -OCH3 is 1. The third-order valence-corrected chi connectivity index (χ3v) is 3.36. The Kier molecular flexibility index (Phi) is 2.67. The molecule has 3 heteroatoms.